The number of aliphatic hydroxyl groups is 1. The second-order valence-corrected chi connectivity index (χ2v) is 6.62. The molecule has 6 nitrogen and oxygen atoms in total. The fraction of sp³-hybridized carbons (Fsp3) is 0.556. The maximum Gasteiger partial charge on any atom is 0.290 e. The maximum absolute atomic E-state index is 12.6. The summed E-state index contributed by atoms with van der Waals surface area (Å²) in [6.07, 6.45) is 1.79. The van der Waals surface area contributed by atoms with E-state index in [0.717, 1.165) is 0 Å². The van der Waals surface area contributed by atoms with E-state index >= 15 is 0 Å². The average Bonchev–Trinajstić information content (AvgIpc) is 3.08. The Morgan fingerprint density at radius 2 is 2.08 bits per heavy atom. The lowest BCUT2D eigenvalue weighted by atomic mass is 9.95. The van der Waals surface area contributed by atoms with Crippen molar-refractivity contribution < 1.29 is 23.8 Å². The molecule has 0 fully saturated rings. The van der Waals surface area contributed by atoms with Gasteiger partial charge >= 0.3 is 0 Å². The number of rotatable bonds is 8. The van der Waals surface area contributed by atoms with Gasteiger partial charge in [0.1, 0.15) is 11.8 Å². The van der Waals surface area contributed by atoms with E-state index in [1.165, 1.54) is 11.2 Å². The van der Waals surface area contributed by atoms with Crippen LogP contribution in [0.2, 0.25) is 0 Å². The number of ketones is 1. The summed E-state index contributed by atoms with van der Waals surface area (Å²) >= 11 is 0. The van der Waals surface area contributed by atoms with E-state index in [1.54, 1.807) is 12.1 Å². The minimum absolute atomic E-state index is 0.0355. The summed E-state index contributed by atoms with van der Waals surface area (Å²) in [6.45, 7) is 8.24. The molecule has 1 amide bonds. The molecule has 24 heavy (non-hydrogen) atoms. The van der Waals surface area contributed by atoms with Gasteiger partial charge in [-0.05, 0) is 31.9 Å². The molecule has 2 heterocycles. The first-order valence-electron chi connectivity index (χ1n) is 8.25. The van der Waals surface area contributed by atoms with Crippen LogP contribution in [0, 0.1) is 5.92 Å². The van der Waals surface area contributed by atoms with Crippen LogP contribution >= 0.6 is 0 Å². The molecule has 0 spiro atoms. The van der Waals surface area contributed by atoms with Crippen LogP contribution in [-0.4, -0.2) is 41.0 Å². The number of ether oxygens (including phenoxy) is 1. The summed E-state index contributed by atoms with van der Waals surface area (Å²) in [5.74, 6) is -0.681. The van der Waals surface area contributed by atoms with E-state index in [1.807, 2.05) is 27.7 Å². The monoisotopic (exact) mass is 335 g/mol. The molecule has 0 radical (unpaired) electrons. The predicted octanol–water partition coefficient (Wildman–Crippen LogP) is 3.02. The Hall–Kier alpha value is -2.08. The van der Waals surface area contributed by atoms with Gasteiger partial charge in [0.2, 0.25) is 0 Å². The van der Waals surface area contributed by atoms with Crippen LogP contribution in [-0.2, 0) is 14.3 Å². The van der Waals surface area contributed by atoms with Gasteiger partial charge in [0.05, 0.1) is 24.5 Å². The molecule has 1 unspecified atom stereocenters. The Morgan fingerprint density at radius 1 is 1.38 bits per heavy atom. The molecule has 6 heteroatoms. The zero-order valence-corrected chi connectivity index (χ0v) is 14.6. The lowest BCUT2D eigenvalue weighted by molar-refractivity contribution is -0.130. The molecule has 0 aliphatic carbocycles. The number of hydrogen-bond acceptors (Lipinski definition) is 5. The van der Waals surface area contributed by atoms with Crippen molar-refractivity contribution in [3.63, 3.8) is 0 Å². The van der Waals surface area contributed by atoms with Crippen LogP contribution in [0.15, 0.2) is 34.1 Å². The minimum atomic E-state index is -0.700. The zero-order valence-electron chi connectivity index (χ0n) is 14.6. The Morgan fingerprint density at radius 3 is 2.62 bits per heavy atom. The van der Waals surface area contributed by atoms with Crippen molar-refractivity contribution in [3.8, 4) is 0 Å². The largest absolute Gasteiger partial charge is 0.503 e. The molecule has 1 atom stereocenters. The smallest absolute Gasteiger partial charge is 0.290 e. The fourth-order valence-corrected chi connectivity index (χ4v) is 2.78. The number of Topliss-reactive ketones (excluding diaryl/α,β-unsaturated/α-hetero) is 1. The first-order valence-corrected chi connectivity index (χ1v) is 8.25. The third-order valence-electron chi connectivity index (χ3n) is 3.79. The number of furan rings is 1. The van der Waals surface area contributed by atoms with E-state index in [-0.39, 0.29) is 36.3 Å². The molecule has 1 aliphatic rings. The van der Waals surface area contributed by atoms with Gasteiger partial charge in [-0.25, -0.2) is 0 Å². The highest BCUT2D eigenvalue weighted by atomic mass is 16.5. The second-order valence-electron chi connectivity index (χ2n) is 6.62. The third kappa shape index (κ3) is 3.87. The third-order valence-corrected chi connectivity index (χ3v) is 3.79. The topological polar surface area (TPSA) is 80.0 Å². The molecule has 1 aromatic rings. The highest BCUT2D eigenvalue weighted by Gasteiger charge is 2.44. The molecule has 2 rings (SSSR count). The Balaban J connectivity index is 2.30. The van der Waals surface area contributed by atoms with Gasteiger partial charge in [-0.1, -0.05) is 13.8 Å². The summed E-state index contributed by atoms with van der Waals surface area (Å²) in [7, 11) is 0. The van der Waals surface area contributed by atoms with Crippen molar-refractivity contribution in [3.05, 3.63) is 35.5 Å². The Bertz CT molecular complexity index is 615. The summed E-state index contributed by atoms with van der Waals surface area (Å²) in [5.41, 5.74) is 0.119. The lowest BCUT2D eigenvalue weighted by Crippen LogP contribution is -2.34. The van der Waals surface area contributed by atoms with Crippen LogP contribution in [0.25, 0.3) is 0 Å². The first-order chi connectivity index (χ1) is 11.3. The highest BCUT2D eigenvalue weighted by Crippen LogP contribution is 2.38. The highest BCUT2D eigenvalue weighted by molar-refractivity contribution is 6.08. The Kier molecular flexibility index (Phi) is 5.83. The predicted molar refractivity (Wildman–Crippen MR) is 88.4 cm³/mol. The average molecular weight is 335 g/mol. The van der Waals surface area contributed by atoms with Crippen LogP contribution < -0.4 is 0 Å². The van der Waals surface area contributed by atoms with Crippen LogP contribution in [0.5, 0.6) is 0 Å². The number of carbonyl (C=O) groups excluding carboxylic acids is 2. The lowest BCUT2D eigenvalue weighted by Gasteiger charge is -2.25. The van der Waals surface area contributed by atoms with Gasteiger partial charge in [0.25, 0.3) is 5.91 Å². The van der Waals surface area contributed by atoms with Crippen molar-refractivity contribution in [1.82, 2.24) is 4.90 Å². The molecule has 1 aromatic heterocycles. The van der Waals surface area contributed by atoms with Crippen LogP contribution in [0.1, 0.15) is 45.9 Å². The summed E-state index contributed by atoms with van der Waals surface area (Å²) in [4.78, 5) is 26.5. The molecule has 1 aliphatic heterocycles. The van der Waals surface area contributed by atoms with Gasteiger partial charge in [-0.3, -0.25) is 9.59 Å². The van der Waals surface area contributed by atoms with Crippen LogP contribution in [0.3, 0.4) is 0 Å². The zero-order chi connectivity index (χ0) is 17.9. The molecule has 132 valence electrons. The number of amides is 1. The number of aliphatic hydroxyl groups excluding tert-OH is 1. The van der Waals surface area contributed by atoms with Gasteiger partial charge in [0, 0.05) is 13.0 Å². The minimum Gasteiger partial charge on any atom is -0.503 e. The maximum atomic E-state index is 12.6. The van der Waals surface area contributed by atoms with Crippen LogP contribution in [0.4, 0.5) is 0 Å². The molecule has 0 saturated carbocycles. The van der Waals surface area contributed by atoms with Gasteiger partial charge in [-0.15, -0.1) is 0 Å². The molecule has 1 N–H and O–H groups in total. The molecular formula is C18H25NO5. The van der Waals surface area contributed by atoms with E-state index in [9.17, 15) is 14.7 Å². The van der Waals surface area contributed by atoms with E-state index in [4.69, 9.17) is 9.15 Å². The number of hydrogen-bond donors (Lipinski definition) is 1. The number of carbonyl (C=O) groups is 2. The second kappa shape index (κ2) is 7.66. The summed E-state index contributed by atoms with van der Waals surface area (Å²) in [6, 6.07) is 2.70. The summed E-state index contributed by atoms with van der Waals surface area (Å²) in [5, 5.41) is 10.3. The van der Waals surface area contributed by atoms with Crippen molar-refractivity contribution in [2.45, 2.75) is 46.3 Å². The van der Waals surface area contributed by atoms with Crippen molar-refractivity contribution >= 4 is 11.7 Å². The molecule has 0 bridgehead atoms. The molecule has 0 aromatic carbocycles. The van der Waals surface area contributed by atoms with E-state index in [0.29, 0.717) is 12.4 Å². The molecule has 0 saturated heterocycles. The van der Waals surface area contributed by atoms with Crippen molar-refractivity contribution in [1.29, 1.82) is 0 Å². The fourth-order valence-electron chi connectivity index (χ4n) is 2.78. The quantitative estimate of drug-likeness (QED) is 0.790. The normalized spacial score (nSPS) is 18.3. The number of nitrogens with zero attached hydrogens (tertiary/aromatic N) is 1. The first kappa shape index (κ1) is 18.3. The Labute approximate surface area is 142 Å². The van der Waals surface area contributed by atoms with Gasteiger partial charge < -0.3 is 19.2 Å². The summed E-state index contributed by atoms with van der Waals surface area (Å²) < 4.78 is 10.9. The van der Waals surface area contributed by atoms with Gasteiger partial charge in [-0.2, -0.15) is 0 Å². The standard InChI is InChI=1S/C18H25NO5/c1-11(2)10-13(20)15-16(14-6-5-8-24-14)19(18(22)17(15)21)7-9-23-12(3)4/h5-6,8,11-12,16,21H,7,9-10H2,1-4H3. The van der Waals surface area contributed by atoms with Gasteiger partial charge in [0.15, 0.2) is 11.5 Å². The van der Waals surface area contributed by atoms with Crippen molar-refractivity contribution in [2.75, 3.05) is 13.2 Å². The van der Waals surface area contributed by atoms with E-state index < -0.39 is 17.7 Å². The van der Waals surface area contributed by atoms with E-state index in [2.05, 4.69) is 0 Å². The SMILES string of the molecule is CC(C)CC(=O)C1=C(O)C(=O)N(CCOC(C)C)C1c1ccco1. The molecular weight excluding hydrogens is 310 g/mol. The van der Waals surface area contributed by atoms with Crippen molar-refractivity contribution in [2.24, 2.45) is 5.92 Å².